The molecule has 1 fully saturated rings. The van der Waals surface area contributed by atoms with Crippen molar-refractivity contribution < 1.29 is 27.5 Å². The number of carbonyl (C=O) groups is 2. The monoisotopic (exact) mass is 316 g/mol. The molecule has 0 saturated carbocycles. The normalized spacial score (nSPS) is 15.8. The van der Waals surface area contributed by atoms with Gasteiger partial charge < -0.3 is 15.0 Å². The third kappa shape index (κ3) is 4.20. The van der Waals surface area contributed by atoms with E-state index < -0.39 is 17.6 Å². The highest BCUT2D eigenvalue weighted by Crippen LogP contribution is 2.28. The minimum Gasteiger partial charge on any atom is -0.370 e. The van der Waals surface area contributed by atoms with Crippen LogP contribution < -0.4 is 5.32 Å². The van der Waals surface area contributed by atoms with Crippen molar-refractivity contribution in [1.29, 1.82) is 0 Å². The van der Waals surface area contributed by atoms with Gasteiger partial charge in [-0.2, -0.15) is 13.2 Å². The van der Waals surface area contributed by atoms with Gasteiger partial charge in [0.05, 0.1) is 12.2 Å². The molecule has 0 atom stereocenters. The lowest BCUT2D eigenvalue weighted by molar-refractivity contribution is -0.142. The molecule has 1 heterocycles. The number of nitrogens with one attached hydrogen (secondary N) is 1. The lowest BCUT2D eigenvalue weighted by Gasteiger charge is -2.26. The Kier molecular flexibility index (Phi) is 5.02. The molecule has 0 unspecified atom stereocenters. The lowest BCUT2D eigenvalue weighted by Crippen LogP contribution is -2.45. The molecule has 0 aliphatic carbocycles. The molecule has 1 aliphatic rings. The number of morpholine rings is 1. The Bertz CT molecular complexity index is 543. The third-order valence-corrected chi connectivity index (χ3v) is 3.23. The van der Waals surface area contributed by atoms with E-state index in [9.17, 15) is 22.8 Å². The van der Waals surface area contributed by atoms with Gasteiger partial charge in [0.25, 0.3) is 5.91 Å². The van der Waals surface area contributed by atoms with Crippen LogP contribution in [0.2, 0.25) is 0 Å². The minimum absolute atomic E-state index is 0.0346. The van der Waals surface area contributed by atoms with Gasteiger partial charge in [-0.05, 0) is 24.3 Å². The van der Waals surface area contributed by atoms with E-state index in [-0.39, 0.29) is 24.6 Å². The molecule has 0 radical (unpaired) electrons. The first-order valence-corrected chi connectivity index (χ1v) is 6.69. The van der Waals surface area contributed by atoms with Gasteiger partial charge in [-0.1, -0.05) is 0 Å². The molecule has 120 valence electrons. The SMILES string of the molecule is O=C(NCCN1CCOCC1=O)c1ccc(C(F)(F)F)cc1. The van der Waals surface area contributed by atoms with Crippen LogP contribution in [0.1, 0.15) is 15.9 Å². The Balaban J connectivity index is 1.83. The van der Waals surface area contributed by atoms with Crippen molar-refractivity contribution in [1.82, 2.24) is 10.2 Å². The number of amides is 2. The molecule has 1 N–H and O–H groups in total. The Morgan fingerprint density at radius 3 is 2.55 bits per heavy atom. The number of carbonyl (C=O) groups excluding carboxylic acids is 2. The predicted molar refractivity (Wildman–Crippen MR) is 71.2 cm³/mol. The van der Waals surface area contributed by atoms with Crippen LogP contribution in [0.15, 0.2) is 24.3 Å². The summed E-state index contributed by atoms with van der Waals surface area (Å²) in [6.45, 7) is 1.53. The van der Waals surface area contributed by atoms with E-state index in [0.717, 1.165) is 24.3 Å². The standard InChI is InChI=1S/C14H15F3N2O3/c15-14(16,17)11-3-1-10(2-4-11)13(21)18-5-6-19-7-8-22-9-12(19)20/h1-4H,5-9H2,(H,18,21). The van der Waals surface area contributed by atoms with E-state index in [1.807, 2.05) is 0 Å². The number of ether oxygens (including phenoxy) is 1. The van der Waals surface area contributed by atoms with Crippen molar-refractivity contribution in [3.63, 3.8) is 0 Å². The van der Waals surface area contributed by atoms with Gasteiger partial charge in [0, 0.05) is 25.2 Å². The van der Waals surface area contributed by atoms with Gasteiger partial charge >= 0.3 is 6.18 Å². The van der Waals surface area contributed by atoms with Crippen molar-refractivity contribution in [3.05, 3.63) is 35.4 Å². The van der Waals surface area contributed by atoms with E-state index in [1.165, 1.54) is 0 Å². The van der Waals surface area contributed by atoms with Crippen molar-refractivity contribution in [2.75, 3.05) is 32.8 Å². The molecular weight excluding hydrogens is 301 g/mol. The summed E-state index contributed by atoms with van der Waals surface area (Å²) < 4.78 is 42.2. The first-order chi connectivity index (χ1) is 10.4. The zero-order valence-electron chi connectivity index (χ0n) is 11.7. The second kappa shape index (κ2) is 6.78. The van der Waals surface area contributed by atoms with Crippen LogP contribution in [-0.4, -0.2) is 49.6 Å². The van der Waals surface area contributed by atoms with Gasteiger partial charge in [-0.25, -0.2) is 0 Å². The summed E-state index contributed by atoms with van der Waals surface area (Å²) in [6.07, 6.45) is -4.42. The Labute approximate surface area is 125 Å². The first kappa shape index (κ1) is 16.3. The highest BCUT2D eigenvalue weighted by molar-refractivity contribution is 5.94. The van der Waals surface area contributed by atoms with E-state index >= 15 is 0 Å². The molecule has 1 aromatic rings. The summed E-state index contributed by atoms with van der Waals surface area (Å²) in [5, 5.41) is 2.57. The number of nitrogens with zero attached hydrogens (tertiary/aromatic N) is 1. The number of hydrogen-bond donors (Lipinski definition) is 1. The zero-order chi connectivity index (χ0) is 16.2. The quantitative estimate of drug-likeness (QED) is 0.911. The van der Waals surface area contributed by atoms with Crippen LogP contribution in [0.3, 0.4) is 0 Å². The van der Waals surface area contributed by atoms with Crippen molar-refractivity contribution >= 4 is 11.8 Å². The Hall–Kier alpha value is -2.09. The fourth-order valence-electron chi connectivity index (χ4n) is 2.00. The van der Waals surface area contributed by atoms with Gasteiger partial charge in [0.2, 0.25) is 5.91 Å². The highest BCUT2D eigenvalue weighted by Gasteiger charge is 2.30. The number of rotatable bonds is 4. The number of benzene rings is 1. The van der Waals surface area contributed by atoms with E-state index in [0.29, 0.717) is 19.7 Å². The predicted octanol–water partition coefficient (Wildman–Crippen LogP) is 1.29. The van der Waals surface area contributed by atoms with Gasteiger partial charge in [-0.3, -0.25) is 9.59 Å². The average molecular weight is 316 g/mol. The maximum absolute atomic E-state index is 12.4. The maximum Gasteiger partial charge on any atom is 0.416 e. The van der Waals surface area contributed by atoms with Crippen LogP contribution in [0, 0.1) is 0 Å². The van der Waals surface area contributed by atoms with Crippen LogP contribution >= 0.6 is 0 Å². The molecule has 8 heteroatoms. The molecular formula is C14H15F3N2O3. The summed E-state index contributed by atoms with van der Waals surface area (Å²) in [6, 6.07) is 3.97. The molecule has 1 saturated heterocycles. The molecule has 1 aliphatic heterocycles. The summed E-state index contributed by atoms with van der Waals surface area (Å²) in [5.41, 5.74) is -0.663. The summed E-state index contributed by atoms with van der Waals surface area (Å²) in [5.74, 6) is -0.621. The first-order valence-electron chi connectivity index (χ1n) is 6.69. The molecule has 22 heavy (non-hydrogen) atoms. The topological polar surface area (TPSA) is 58.6 Å². The molecule has 1 aromatic carbocycles. The highest BCUT2D eigenvalue weighted by atomic mass is 19.4. The van der Waals surface area contributed by atoms with Crippen molar-refractivity contribution in [3.8, 4) is 0 Å². The number of hydrogen-bond acceptors (Lipinski definition) is 3. The molecule has 5 nitrogen and oxygen atoms in total. The second-order valence-electron chi connectivity index (χ2n) is 4.76. The molecule has 0 bridgehead atoms. The largest absolute Gasteiger partial charge is 0.416 e. The Morgan fingerprint density at radius 1 is 1.27 bits per heavy atom. The number of alkyl halides is 3. The van der Waals surface area contributed by atoms with E-state index in [2.05, 4.69) is 5.32 Å². The smallest absolute Gasteiger partial charge is 0.370 e. The van der Waals surface area contributed by atoms with Crippen molar-refractivity contribution in [2.24, 2.45) is 0 Å². The van der Waals surface area contributed by atoms with Crippen LogP contribution in [-0.2, 0) is 15.7 Å². The van der Waals surface area contributed by atoms with Gasteiger partial charge in [-0.15, -0.1) is 0 Å². The van der Waals surface area contributed by atoms with Crippen molar-refractivity contribution in [2.45, 2.75) is 6.18 Å². The third-order valence-electron chi connectivity index (χ3n) is 3.23. The second-order valence-corrected chi connectivity index (χ2v) is 4.76. The van der Waals surface area contributed by atoms with Crippen LogP contribution in [0.5, 0.6) is 0 Å². The summed E-state index contributed by atoms with van der Waals surface area (Å²) >= 11 is 0. The molecule has 2 rings (SSSR count). The van der Waals surface area contributed by atoms with E-state index in [1.54, 1.807) is 4.90 Å². The summed E-state index contributed by atoms with van der Waals surface area (Å²) in [7, 11) is 0. The van der Waals surface area contributed by atoms with Gasteiger partial charge in [0.1, 0.15) is 6.61 Å². The minimum atomic E-state index is -4.42. The molecule has 0 aromatic heterocycles. The lowest BCUT2D eigenvalue weighted by atomic mass is 10.1. The zero-order valence-corrected chi connectivity index (χ0v) is 11.7. The summed E-state index contributed by atoms with van der Waals surface area (Å²) in [4.78, 5) is 24.8. The van der Waals surface area contributed by atoms with E-state index in [4.69, 9.17) is 4.74 Å². The Morgan fingerprint density at radius 2 is 1.95 bits per heavy atom. The fourth-order valence-corrected chi connectivity index (χ4v) is 2.00. The average Bonchev–Trinajstić information content (AvgIpc) is 2.48. The molecule has 2 amide bonds. The van der Waals surface area contributed by atoms with Crippen LogP contribution in [0.4, 0.5) is 13.2 Å². The molecule has 0 spiro atoms. The fraction of sp³-hybridized carbons (Fsp3) is 0.429. The maximum atomic E-state index is 12.4. The van der Waals surface area contributed by atoms with Gasteiger partial charge in [0.15, 0.2) is 0 Å². The number of halogens is 3. The van der Waals surface area contributed by atoms with Crippen LogP contribution in [0.25, 0.3) is 0 Å².